The maximum absolute atomic E-state index is 5.60. The molecule has 18 heavy (non-hydrogen) atoms. The number of hydrazine groups is 1. The van der Waals surface area contributed by atoms with Crippen LogP contribution in [0.5, 0.6) is 0 Å². The largest absolute Gasteiger partial charge is 0.308 e. The van der Waals surface area contributed by atoms with Gasteiger partial charge in [-0.1, -0.05) is 13.3 Å². The van der Waals surface area contributed by atoms with E-state index < -0.39 is 0 Å². The van der Waals surface area contributed by atoms with E-state index in [1.54, 1.807) is 0 Å². The summed E-state index contributed by atoms with van der Waals surface area (Å²) in [5.74, 6) is 8.91. The molecule has 2 unspecified atom stereocenters. The molecule has 3 N–H and O–H groups in total. The summed E-state index contributed by atoms with van der Waals surface area (Å²) in [7, 11) is 0. The Morgan fingerprint density at radius 2 is 2.17 bits per heavy atom. The maximum atomic E-state index is 5.60. The third-order valence-electron chi connectivity index (χ3n) is 4.57. The first-order valence-electron chi connectivity index (χ1n) is 7.18. The number of nitrogens with two attached hydrogens (primary N) is 1. The van der Waals surface area contributed by atoms with Crippen molar-refractivity contribution in [1.82, 2.24) is 9.97 Å². The van der Waals surface area contributed by atoms with Gasteiger partial charge >= 0.3 is 0 Å². The minimum Gasteiger partial charge on any atom is -0.308 e. The van der Waals surface area contributed by atoms with Crippen molar-refractivity contribution in [2.45, 2.75) is 57.8 Å². The summed E-state index contributed by atoms with van der Waals surface area (Å²) in [6.07, 6.45) is 8.43. The first kappa shape index (κ1) is 11.9. The minimum absolute atomic E-state index is 0.549. The lowest BCUT2D eigenvalue weighted by Gasteiger charge is -2.13. The summed E-state index contributed by atoms with van der Waals surface area (Å²) in [6.45, 7) is 2.28. The van der Waals surface area contributed by atoms with E-state index in [1.165, 1.54) is 43.4 Å². The van der Waals surface area contributed by atoms with E-state index in [0.717, 1.165) is 30.4 Å². The molecule has 1 aromatic heterocycles. The monoisotopic (exact) mass is 246 g/mol. The molecule has 3 rings (SSSR count). The summed E-state index contributed by atoms with van der Waals surface area (Å²) in [6, 6.07) is 0. The zero-order valence-corrected chi connectivity index (χ0v) is 11.1. The molecule has 0 bridgehead atoms. The molecule has 2 aliphatic rings. The molecule has 1 aromatic rings. The number of hydrogen-bond donors (Lipinski definition) is 2. The van der Waals surface area contributed by atoms with Crippen LogP contribution in [-0.2, 0) is 12.8 Å². The Bertz CT molecular complexity index is 444. The van der Waals surface area contributed by atoms with Crippen molar-refractivity contribution in [3.63, 3.8) is 0 Å². The normalized spacial score (nSPS) is 26.3. The smallest absolute Gasteiger partial charge is 0.147 e. The Morgan fingerprint density at radius 1 is 1.28 bits per heavy atom. The van der Waals surface area contributed by atoms with Crippen LogP contribution < -0.4 is 11.3 Å². The highest BCUT2D eigenvalue weighted by Crippen LogP contribution is 2.39. The first-order valence-corrected chi connectivity index (χ1v) is 7.18. The van der Waals surface area contributed by atoms with E-state index in [9.17, 15) is 0 Å². The van der Waals surface area contributed by atoms with Gasteiger partial charge in [-0.15, -0.1) is 0 Å². The van der Waals surface area contributed by atoms with E-state index in [0.29, 0.717) is 5.92 Å². The molecule has 0 radical (unpaired) electrons. The van der Waals surface area contributed by atoms with Gasteiger partial charge in [0.05, 0.1) is 0 Å². The zero-order valence-electron chi connectivity index (χ0n) is 11.1. The summed E-state index contributed by atoms with van der Waals surface area (Å²) in [5.41, 5.74) is 5.24. The van der Waals surface area contributed by atoms with Gasteiger partial charge in [0.2, 0.25) is 0 Å². The summed E-state index contributed by atoms with van der Waals surface area (Å²) in [5, 5.41) is 0. The van der Waals surface area contributed by atoms with E-state index in [2.05, 4.69) is 17.3 Å². The van der Waals surface area contributed by atoms with E-state index in [-0.39, 0.29) is 0 Å². The average molecular weight is 246 g/mol. The molecule has 4 heteroatoms. The number of rotatable bonds is 3. The van der Waals surface area contributed by atoms with Gasteiger partial charge < -0.3 is 5.43 Å². The van der Waals surface area contributed by atoms with Gasteiger partial charge in [-0.05, 0) is 44.4 Å². The molecule has 0 spiro atoms. The minimum atomic E-state index is 0.549. The van der Waals surface area contributed by atoms with Crippen LogP contribution in [0, 0.1) is 5.92 Å². The lowest BCUT2D eigenvalue weighted by molar-refractivity contribution is 0.516. The predicted octanol–water partition coefficient (Wildman–Crippen LogP) is 2.54. The number of aryl methyl sites for hydroxylation is 1. The number of nitrogens with one attached hydrogen (secondary N) is 1. The molecule has 2 aliphatic carbocycles. The van der Waals surface area contributed by atoms with Gasteiger partial charge in [0, 0.05) is 17.2 Å². The number of hydrogen-bond acceptors (Lipinski definition) is 4. The van der Waals surface area contributed by atoms with Crippen LogP contribution in [0.15, 0.2) is 0 Å². The van der Waals surface area contributed by atoms with Crippen LogP contribution >= 0.6 is 0 Å². The van der Waals surface area contributed by atoms with Crippen molar-refractivity contribution < 1.29 is 0 Å². The van der Waals surface area contributed by atoms with Crippen LogP contribution in [0.3, 0.4) is 0 Å². The maximum Gasteiger partial charge on any atom is 0.147 e. The van der Waals surface area contributed by atoms with Crippen LogP contribution in [-0.4, -0.2) is 9.97 Å². The van der Waals surface area contributed by atoms with Crippen molar-refractivity contribution in [3.05, 3.63) is 17.1 Å². The molecule has 1 heterocycles. The van der Waals surface area contributed by atoms with Crippen molar-refractivity contribution in [2.75, 3.05) is 5.43 Å². The lowest BCUT2D eigenvalue weighted by atomic mass is 10.0. The number of anilines is 1. The van der Waals surface area contributed by atoms with Crippen molar-refractivity contribution in [3.8, 4) is 0 Å². The molecular formula is C14H22N4. The average Bonchev–Trinajstić information content (AvgIpc) is 3.05. The topological polar surface area (TPSA) is 63.8 Å². The zero-order chi connectivity index (χ0) is 12.5. The molecule has 0 aliphatic heterocycles. The molecule has 0 aromatic carbocycles. The first-order chi connectivity index (χ1) is 8.81. The lowest BCUT2D eigenvalue weighted by Crippen LogP contribution is -2.15. The second kappa shape index (κ2) is 4.84. The molecular weight excluding hydrogens is 224 g/mol. The Balaban J connectivity index is 1.89. The van der Waals surface area contributed by atoms with Crippen LogP contribution in [0.4, 0.5) is 5.82 Å². The predicted molar refractivity (Wildman–Crippen MR) is 72.2 cm³/mol. The molecule has 0 saturated heterocycles. The van der Waals surface area contributed by atoms with Crippen molar-refractivity contribution >= 4 is 5.82 Å². The number of aromatic nitrogens is 2. The molecule has 1 saturated carbocycles. The molecule has 1 fully saturated rings. The highest BCUT2D eigenvalue weighted by atomic mass is 15.3. The molecule has 98 valence electrons. The Hall–Kier alpha value is -1.16. The van der Waals surface area contributed by atoms with Gasteiger partial charge in [0.15, 0.2) is 0 Å². The SMILES string of the molecule is CCC1CCC(c2nc3c(c(NN)n2)CCC3)C1. The Kier molecular flexibility index (Phi) is 3.20. The highest BCUT2D eigenvalue weighted by Gasteiger charge is 2.29. The summed E-state index contributed by atoms with van der Waals surface area (Å²) >= 11 is 0. The fourth-order valence-corrected chi connectivity index (χ4v) is 3.43. The van der Waals surface area contributed by atoms with Gasteiger partial charge in [0.25, 0.3) is 0 Å². The van der Waals surface area contributed by atoms with Crippen LogP contribution in [0.2, 0.25) is 0 Å². The second-order valence-corrected chi connectivity index (χ2v) is 5.64. The number of fused-ring (bicyclic) bond motifs is 1. The van der Waals surface area contributed by atoms with E-state index in [4.69, 9.17) is 10.8 Å². The summed E-state index contributed by atoms with van der Waals surface area (Å²) in [4.78, 5) is 9.47. The number of nitrogen functional groups attached to an aromatic ring is 1. The van der Waals surface area contributed by atoms with Gasteiger partial charge in [-0.2, -0.15) is 0 Å². The fourth-order valence-electron chi connectivity index (χ4n) is 3.43. The molecule has 2 atom stereocenters. The second-order valence-electron chi connectivity index (χ2n) is 5.64. The third-order valence-corrected chi connectivity index (χ3v) is 4.57. The quantitative estimate of drug-likeness (QED) is 0.635. The third kappa shape index (κ3) is 1.99. The summed E-state index contributed by atoms with van der Waals surface area (Å²) < 4.78 is 0. The molecule has 0 amide bonds. The van der Waals surface area contributed by atoms with Gasteiger partial charge in [-0.25, -0.2) is 15.8 Å². The Morgan fingerprint density at radius 3 is 2.89 bits per heavy atom. The fraction of sp³-hybridized carbons (Fsp3) is 0.714. The van der Waals surface area contributed by atoms with E-state index >= 15 is 0 Å². The van der Waals surface area contributed by atoms with Crippen molar-refractivity contribution in [1.29, 1.82) is 0 Å². The van der Waals surface area contributed by atoms with Crippen LogP contribution in [0.25, 0.3) is 0 Å². The molecule has 4 nitrogen and oxygen atoms in total. The Labute approximate surface area is 108 Å². The number of nitrogens with zero attached hydrogens (tertiary/aromatic N) is 2. The van der Waals surface area contributed by atoms with Gasteiger partial charge in [-0.3, -0.25) is 0 Å². The standard InChI is InChI=1S/C14H22N4/c1-2-9-6-7-10(8-9)13-16-12-5-3-4-11(12)14(17-13)18-15/h9-10H,2-8,15H2,1H3,(H,16,17,18). The van der Waals surface area contributed by atoms with Crippen LogP contribution in [0.1, 0.15) is 62.0 Å². The highest BCUT2D eigenvalue weighted by molar-refractivity contribution is 5.48. The van der Waals surface area contributed by atoms with Gasteiger partial charge in [0.1, 0.15) is 11.6 Å². The van der Waals surface area contributed by atoms with E-state index in [1.807, 2.05) is 0 Å². The van der Waals surface area contributed by atoms with Crippen molar-refractivity contribution in [2.24, 2.45) is 11.8 Å².